The highest BCUT2D eigenvalue weighted by Crippen LogP contribution is 2.07. The molecule has 13 heavy (non-hydrogen) atoms. The van der Waals surface area contributed by atoms with Crippen molar-refractivity contribution in [1.29, 1.82) is 0 Å². The van der Waals surface area contributed by atoms with E-state index in [0.717, 1.165) is 0 Å². The molecule has 0 bridgehead atoms. The van der Waals surface area contributed by atoms with Crippen LogP contribution in [0.25, 0.3) is 0 Å². The highest BCUT2D eigenvalue weighted by Gasteiger charge is 2.00. The number of hydrazine groups is 1. The number of amides is 1. The maximum Gasteiger partial charge on any atom is 0.427 e. The third-order valence-electron chi connectivity index (χ3n) is 1.21. The van der Waals surface area contributed by atoms with E-state index in [2.05, 4.69) is 10.9 Å². The van der Waals surface area contributed by atoms with Crippen molar-refractivity contribution in [2.75, 3.05) is 6.00 Å². The van der Waals surface area contributed by atoms with Gasteiger partial charge in [-0.1, -0.05) is 18.2 Å². The molecule has 0 saturated carbocycles. The molecule has 0 heterocycles. The molecule has 0 unspecified atom stereocenters. The highest BCUT2D eigenvalue weighted by molar-refractivity contribution is 6.17. The zero-order valence-corrected chi connectivity index (χ0v) is 7.54. The summed E-state index contributed by atoms with van der Waals surface area (Å²) in [5, 5.41) is 0. The van der Waals surface area contributed by atoms with Crippen LogP contribution in [-0.4, -0.2) is 12.1 Å². The molecule has 2 N–H and O–H groups in total. The van der Waals surface area contributed by atoms with Gasteiger partial charge in [0.25, 0.3) is 0 Å². The number of para-hydroxylation sites is 1. The number of halogens is 1. The van der Waals surface area contributed by atoms with Gasteiger partial charge in [0, 0.05) is 0 Å². The molecule has 1 rings (SSSR count). The number of benzene rings is 1. The van der Waals surface area contributed by atoms with Gasteiger partial charge in [0.15, 0.2) is 0 Å². The average Bonchev–Trinajstić information content (AvgIpc) is 2.16. The average molecular weight is 201 g/mol. The summed E-state index contributed by atoms with van der Waals surface area (Å²) in [6, 6.07) is 8.88. The van der Waals surface area contributed by atoms with Crippen molar-refractivity contribution in [3.63, 3.8) is 0 Å². The molecule has 1 aromatic rings. The number of ether oxygens (including phenoxy) is 1. The standard InChI is InChI=1S/C8H9ClN2O2/c9-6-10-11-8(12)13-7-4-2-1-3-5-7/h1-5,10H,6H2,(H,11,12). The number of carbonyl (C=O) groups is 1. The van der Waals surface area contributed by atoms with Crippen LogP contribution in [0.5, 0.6) is 5.75 Å². The van der Waals surface area contributed by atoms with Crippen LogP contribution in [0.3, 0.4) is 0 Å². The smallest absolute Gasteiger partial charge is 0.409 e. The molecule has 4 nitrogen and oxygen atoms in total. The number of carbonyl (C=O) groups excluding carboxylic acids is 1. The first kappa shape index (κ1) is 9.83. The third kappa shape index (κ3) is 3.78. The summed E-state index contributed by atoms with van der Waals surface area (Å²) in [6.07, 6.45) is -0.591. The van der Waals surface area contributed by atoms with E-state index >= 15 is 0 Å². The zero-order chi connectivity index (χ0) is 9.52. The van der Waals surface area contributed by atoms with Gasteiger partial charge in [-0.2, -0.15) is 0 Å². The van der Waals surface area contributed by atoms with E-state index in [1.165, 1.54) is 0 Å². The van der Waals surface area contributed by atoms with Gasteiger partial charge in [0.1, 0.15) is 5.75 Å². The van der Waals surface area contributed by atoms with E-state index in [-0.39, 0.29) is 6.00 Å². The first-order valence-electron chi connectivity index (χ1n) is 3.64. The molecule has 0 aliphatic carbocycles. The van der Waals surface area contributed by atoms with Crippen LogP contribution in [-0.2, 0) is 0 Å². The number of nitrogens with one attached hydrogen (secondary N) is 2. The van der Waals surface area contributed by atoms with Gasteiger partial charge in [0.2, 0.25) is 0 Å². The fourth-order valence-electron chi connectivity index (χ4n) is 0.727. The molecule has 0 saturated heterocycles. The van der Waals surface area contributed by atoms with E-state index < -0.39 is 6.09 Å². The summed E-state index contributed by atoms with van der Waals surface area (Å²) in [6.45, 7) is 0. The summed E-state index contributed by atoms with van der Waals surface area (Å²) in [4.78, 5) is 10.9. The predicted octanol–water partition coefficient (Wildman–Crippen LogP) is 1.48. The van der Waals surface area contributed by atoms with Crippen LogP contribution in [0.2, 0.25) is 0 Å². The number of hydrogen-bond acceptors (Lipinski definition) is 3. The lowest BCUT2D eigenvalue weighted by Gasteiger charge is -2.04. The first-order chi connectivity index (χ1) is 6.33. The Kier molecular flexibility index (Phi) is 4.08. The van der Waals surface area contributed by atoms with Crippen LogP contribution in [0.4, 0.5) is 4.79 Å². The Morgan fingerprint density at radius 3 is 2.69 bits per heavy atom. The van der Waals surface area contributed by atoms with E-state index in [1.54, 1.807) is 24.3 Å². The summed E-state index contributed by atoms with van der Waals surface area (Å²) >= 11 is 5.27. The van der Waals surface area contributed by atoms with Crippen LogP contribution in [0.15, 0.2) is 30.3 Å². The van der Waals surface area contributed by atoms with Crippen molar-refractivity contribution in [3.05, 3.63) is 30.3 Å². The highest BCUT2D eigenvalue weighted by atomic mass is 35.5. The molecule has 0 aliphatic heterocycles. The van der Waals surface area contributed by atoms with Crippen LogP contribution >= 0.6 is 11.6 Å². The van der Waals surface area contributed by atoms with E-state index in [1.807, 2.05) is 6.07 Å². The van der Waals surface area contributed by atoms with Crippen molar-refractivity contribution < 1.29 is 9.53 Å². The van der Waals surface area contributed by atoms with Gasteiger partial charge in [0.05, 0.1) is 6.00 Å². The van der Waals surface area contributed by atoms with E-state index in [9.17, 15) is 4.79 Å². The molecule has 1 amide bonds. The normalized spacial score (nSPS) is 9.31. The lowest BCUT2D eigenvalue weighted by Crippen LogP contribution is -2.38. The van der Waals surface area contributed by atoms with Crippen molar-refractivity contribution in [2.24, 2.45) is 0 Å². The topological polar surface area (TPSA) is 50.4 Å². The first-order valence-corrected chi connectivity index (χ1v) is 4.18. The van der Waals surface area contributed by atoms with Gasteiger partial charge in [-0.25, -0.2) is 10.2 Å². The Balaban J connectivity index is 2.37. The van der Waals surface area contributed by atoms with Crippen LogP contribution in [0.1, 0.15) is 0 Å². The monoisotopic (exact) mass is 200 g/mol. The summed E-state index contributed by atoms with van der Waals surface area (Å²) in [7, 11) is 0. The second-order valence-corrected chi connectivity index (χ2v) is 2.41. The van der Waals surface area contributed by atoms with Gasteiger partial charge in [-0.3, -0.25) is 5.43 Å². The van der Waals surface area contributed by atoms with Crippen LogP contribution in [0, 0.1) is 0 Å². The minimum atomic E-state index is -0.591. The molecule has 0 atom stereocenters. The fourth-order valence-corrected chi connectivity index (χ4v) is 0.793. The number of hydrogen-bond donors (Lipinski definition) is 2. The second-order valence-electron chi connectivity index (χ2n) is 2.14. The van der Waals surface area contributed by atoms with Crippen LogP contribution < -0.4 is 15.6 Å². The van der Waals surface area contributed by atoms with E-state index in [0.29, 0.717) is 5.75 Å². The molecule has 1 aromatic carbocycles. The lowest BCUT2D eigenvalue weighted by atomic mass is 10.3. The molecule has 0 spiro atoms. The molecule has 0 aliphatic rings. The van der Waals surface area contributed by atoms with Crippen molar-refractivity contribution in [2.45, 2.75) is 0 Å². The molecule has 0 fully saturated rings. The second kappa shape index (κ2) is 5.40. The Bertz CT molecular complexity index is 266. The van der Waals surface area contributed by atoms with Gasteiger partial charge < -0.3 is 4.74 Å². The van der Waals surface area contributed by atoms with Crippen molar-refractivity contribution in [1.82, 2.24) is 10.9 Å². The molecule has 5 heteroatoms. The quantitative estimate of drug-likeness (QED) is 0.442. The van der Waals surface area contributed by atoms with Gasteiger partial charge in [-0.15, -0.1) is 11.6 Å². The van der Waals surface area contributed by atoms with Crippen molar-refractivity contribution >= 4 is 17.7 Å². The molecule has 70 valence electrons. The maximum absolute atomic E-state index is 10.9. The number of rotatable bonds is 3. The molecule has 0 radical (unpaired) electrons. The third-order valence-corrected chi connectivity index (χ3v) is 1.34. The van der Waals surface area contributed by atoms with E-state index in [4.69, 9.17) is 16.3 Å². The summed E-state index contributed by atoms with van der Waals surface area (Å²) < 4.78 is 4.85. The van der Waals surface area contributed by atoms with Gasteiger partial charge >= 0.3 is 6.09 Å². The maximum atomic E-state index is 10.9. The summed E-state index contributed by atoms with van der Waals surface area (Å²) in [5.41, 5.74) is 4.65. The number of alkyl halides is 1. The summed E-state index contributed by atoms with van der Waals surface area (Å²) in [5.74, 6) is 0.483. The predicted molar refractivity (Wildman–Crippen MR) is 49.5 cm³/mol. The minimum absolute atomic E-state index is 0.129. The fraction of sp³-hybridized carbons (Fsp3) is 0.125. The minimum Gasteiger partial charge on any atom is -0.409 e. The Morgan fingerprint density at radius 1 is 1.38 bits per heavy atom. The zero-order valence-electron chi connectivity index (χ0n) is 6.79. The lowest BCUT2D eigenvalue weighted by molar-refractivity contribution is 0.196. The van der Waals surface area contributed by atoms with Gasteiger partial charge in [-0.05, 0) is 12.1 Å². The SMILES string of the molecule is O=C(NNCCl)Oc1ccccc1. The Labute approximate surface area is 80.8 Å². The molecular weight excluding hydrogens is 192 g/mol. The Hall–Kier alpha value is -1.26. The molecule has 0 aromatic heterocycles. The Morgan fingerprint density at radius 2 is 2.08 bits per heavy atom. The van der Waals surface area contributed by atoms with Crippen molar-refractivity contribution in [3.8, 4) is 5.75 Å². The molecular formula is C8H9ClN2O2. The largest absolute Gasteiger partial charge is 0.427 e.